The molecule has 2 aromatic carbocycles. The van der Waals surface area contributed by atoms with E-state index < -0.39 is 7.54 Å². The molecule has 0 atom stereocenters. The average Bonchev–Trinajstić information content (AvgIpc) is 2.83. The smallest absolute Gasteiger partial charge is 0.762 e. The summed E-state index contributed by atoms with van der Waals surface area (Å²) in [7, 11) is 0.419. The minimum atomic E-state index is -3.67. The first kappa shape index (κ1) is 29.3. The van der Waals surface area contributed by atoms with E-state index in [2.05, 4.69) is 115 Å². The van der Waals surface area contributed by atoms with Gasteiger partial charge in [-0.3, -0.25) is 12.9 Å². The quantitative estimate of drug-likeness (QED) is 0.261. The van der Waals surface area contributed by atoms with Gasteiger partial charge < -0.3 is 9.44 Å². The second kappa shape index (κ2) is 14.0. The highest BCUT2D eigenvalue weighted by Crippen LogP contribution is 2.32. The van der Waals surface area contributed by atoms with Gasteiger partial charge in [-0.25, -0.2) is 4.58 Å². The maximum atomic E-state index is 9.67. The van der Waals surface area contributed by atoms with Crippen molar-refractivity contribution in [2.45, 2.75) is 0 Å². The number of allylic oxidation sites excluding steroid dienone is 10. The van der Waals surface area contributed by atoms with Gasteiger partial charge in [-0.15, -0.1) is 0 Å². The van der Waals surface area contributed by atoms with Crippen molar-refractivity contribution in [1.29, 1.82) is 0 Å². The fourth-order valence-electron chi connectivity index (χ4n) is 3.23. The lowest BCUT2D eigenvalue weighted by Gasteiger charge is -2.18. The molecule has 0 unspecified atom stereocenters. The van der Waals surface area contributed by atoms with Gasteiger partial charge in [-0.1, -0.05) is 62.2 Å². The van der Waals surface area contributed by atoms with Crippen LogP contribution in [0.1, 0.15) is 11.1 Å². The molecule has 1 aliphatic carbocycles. The molecule has 0 amide bonds. The number of halogens is 6. The molecule has 186 valence electrons. The molecule has 1 heterocycles. The zero-order chi connectivity index (χ0) is 25.4. The van der Waals surface area contributed by atoms with E-state index in [9.17, 15) is 12.9 Å². The Balaban J connectivity index is 0.000000850. The third kappa shape index (κ3) is 8.95. The lowest BCUT2D eigenvalue weighted by atomic mass is 10.0. The fourth-order valence-corrected chi connectivity index (χ4v) is 3.76. The van der Waals surface area contributed by atoms with Crippen LogP contribution in [-0.4, -0.2) is 31.9 Å². The van der Waals surface area contributed by atoms with Crippen molar-refractivity contribution in [2.24, 2.45) is 0 Å². The zero-order valence-electron chi connectivity index (χ0n) is 19.4. The summed E-state index contributed by atoms with van der Waals surface area (Å²) in [5.41, 5.74) is 5.59. The molecule has 0 saturated carbocycles. The number of hydrogen-bond acceptors (Lipinski definition) is 1. The van der Waals surface area contributed by atoms with Crippen LogP contribution in [0.2, 0.25) is 0 Å². The first-order valence-corrected chi connectivity index (χ1v) is 12.2. The maximum Gasteiger partial charge on any atom is 0.762 e. The van der Waals surface area contributed by atoms with Crippen LogP contribution < -0.4 is 4.70 Å². The first-order chi connectivity index (χ1) is 16.7. The fraction of sp³-hybridized carbons (Fsp3) is 0.0741. The van der Waals surface area contributed by atoms with E-state index in [4.69, 9.17) is 4.74 Å². The Morgan fingerprint density at radius 2 is 1.25 bits per heavy atom. The van der Waals surface area contributed by atoms with Crippen molar-refractivity contribution in [1.82, 2.24) is 0 Å². The van der Waals surface area contributed by atoms with E-state index in [1.807, 2.05) is 32.3 Å². The van der Waals surface area contributed by atoms with Crippen LogP contribution in [0.25, 0.3) is 11.3 Å². The number of benzene rings is 2. The van der Waals surface area contributed by atoms with Gasteiger partial charge in [0.05, 0.1) is 0 Å². The van der Waals surface area contributed by atoms with Crippen molar-refractivity contribution in [2.75, 3.05) is 14.1 Å². The molecule has 1 aliphatic heterocycles. The Kier molecular flexibility index (Phi) is 11.4. The van der Waals surface area contributed by atoms with Crippen LogP contribution in [0.4, 0.5) is 12.9 Å². The van der Waals surface area contributed by atoms with Gasteiger partial charge in [0.25, 0.3) is 0 Å². The molecule has 0 spiro atoms. The Labute approximate surface area is 225 Å². The Morgan fingerprint density at radius 3 is 1.75 bits per heavy atom. The van der Waals surface area contributed by atoms with E-state index >= 15 is 0 Å². The van der Waals surface area contributed by atoms with Crippen LogP contribution in [0.15, 0.2) is 117 Å². The highest BCUT2D eigenvalue weighted by Gasteiger charge is 2.14. The van der Waals surface area contributed by atoms with Crippen molar-refractivity contribution in [3.05, 3.63) is 129 Å². The maximum absolute atomic E-state index is 9.67. The first-order valence-electron chi connectivity index (χ1n) is 10.6. The summed E-state index contributed by atoms with van der Waals surface area (Å²) in [6, 6.07) is 16.5. The van der Waals surface area contributed by atoms with Gasteiger partial charge in [-0.2, -0.15) is 0 Å². The number of nitrogens with zero attached hydrogens (tertiary/aromatic N) is 1. The summed E-state index contributed by atoms with van der Waals surface area (Å²) in [6.07, 6.45) is 16.7. The van der Waals surface area contributed by atoms with Gasteiger partial charge in [0.1, 0.15) is 25.6 Å². The van der Waals surface area contributed by atoms with Crippen LogP contribution in [0, 0.1) is 0 Å². The minimum Gasteiger partial charge on any atom is -1.00 e. The molecule has 2 nitrogen and oxygen atoms in total. The van der Waals surface area contributed by atoms with E-state index in [1.165, 1.54) is 5.71 Å². The average molecular weight is 623 g/mol. The van der Waals surface area contributed by atoms with Gasteiger partial charge in [-0.05, 0) is 71.4 Å². The largest absolute Gasteiger partial charge is 1.00 e. The minimum absolute atomic E-state index is 0. The second-order valence-electron chi connectivity index (χ2n) is 7.69. The molecule has 36 heavy (non-hydrogen) atoms. The molecule has 2 aromatic rings. The summed E-state index contributed by atoms with van der Waals surface area (Å²) >= 11 is 7.02. The van der Waals surface area contributed by atoms with E-state index in [1.54, 1.807) is 0 Å². The molecule has 2 aliphatic rings. The highest BCUT2D eigenvalue weighted by molar-refractivity contribution is 9.10. The highest BCUT2D eigenvalue weighted by atomic mass is 79.9. The van der Waals surface area contributed by atoms with Crippen molar-refractivity contribution in [3.8, 4) is 0 Å². The van der Waals surface area contributed by atoms with Gasteiger partial charge >= 0.3 is 7.54 Å². The van der Waals surface area contributed by atoms with Crippen molar-refractivity contribution in [3.63, 3.8) is 0 Å². The zero-order valence-corrected chi connectivity index (χ0v) is 22.6. The predicted molar refractivity (Wildman–Crippen MR) is 146 cm³/mol. The van der Waals surface area contributed by atoms with Crippen LogP contribution in [-0.2, 0) is 4.74 Å². The van der Waals surface area contributed by atoms with Crippen LogP contribution in [0.5, 0.6) is 0 Å². The topological polar surface area (TPSA) is 12.2 Å². The van der Waals surface area contributed by atoms with Gasteiger partial charge in [0.15, 0.2) is 5.71 Å². The number of rotatable bonds is 3. The standard InChI is InChI=1S/C27H22Br2NO.BF3.FH/c1-30(2)25-14-3-19(4-15-25)5-16-26-17-22(20-6-10-23(28)11-7-20)18-27(31-26)21-8-12-24(29)13-9-21;2-1(3)4;/h3-18H,1-2H3;;1H/q+1;;/p-1. The summed E-state index contributed by atoms with van der Waals surface area (Å²) in [5, 5.41) is 0. The predicted octanol–water partition coefficient (Wildman–Crippen LogP) is 5.20. The van der Waals surface area contributed by atoms with E-state index in [-0.39, 0.29) is 4.70 Å². The third-order valence-corrected chi connectivity index (χ3v) is 6.03. The normalized spacial score (nSPS) is 15.1. The number of hydrogen-bond donors (Lipinski definition) is 0. The SMILES string of the molecule is C[N+](C)=C1C=CC(=CC=C2C=C(c3ccc(Br)cc3)C=C(c3ccc(Br)cc3)O2)C=C1.FB(F)F.[F-]. The Hall–Kier alpha value is -2.91. The molecule has 0 fully saturated rings. The lowest BCUT2D eigenvalue weighted by Crippen LogP contribution is -3.00. The van der Waals surface area contributed by atoms with E-state index in [0.717, 1.165) is 42.7 Å². The molecule has 0 N–H and O–H groups in total. The molecule has 0 radical (unpaired) electrons. The number of ether oxygens (including phenoxy) is 1. The molecule has 9 heteroatoms. The molecule has 0 aromatic heterocycles. The van der Waals surface area contributed by atoms with Gasteiger partial charge in [0, 0.05) is 26.7 Å². The van der Waals surface area contributed by atoms with Crippen LogP contribution in [0.3, 0.4) is 0 Å². The summed E-state index contributed by atoms with van der Waals surface area (Å²) < 4.78 is 39.5. The van der Waals surface area contributed by atoms with Gasteiger partial charge in [0.2, 0.25) is 0 Å². The molecular formula is C27H22BBr2F4NO. The Bertz CT molecular complexity index is 1250. The lowest BCUT2D eigenvalue weighted by molar-refractivity contribution is -0.462. The summed E-state index contributed by atoms with van der Waals surface area (Å²) in [6.45, 7) is 0. The monoisotopic (exact) mass is 621 g/mol. The molecular weight excluding hydrogens is 601 g/mol. The second-order valence-corrected chi connectivity index (χ2v) is 9.52. The van der Waals surface area contributed by atoms with Crippen LogP contribution >= 0.6 is 31.9 Å². The molecule has 0 bridgehead atoms. The van der Waals surface area contributed by atoms with E-state index in [0.29, 0.717) is 0 Å². The molecule has 4 rings (SSSR count). The summed E-state index contributed by atoms with van der Waals surface area (Å²) in [5.74, 6) is 1.63. The Morgan fingerprint density at radius 1 is 0.750 bits per heavy atom. The summed E-state index contributed by atoms with van der Waals surface area (Å²) in [4.78, 5) is 0. The van der Waals surface area contributed by atoms with Crippen molar-refractivity contribution >= 4 is 56.4 Å². The van der Waals surface area contributed by atoms with Crippen molar-refractivity contribution < 1.29 is 27.0 Å². The molecule has 0 saturated heterocycles. The third-order valence-electron chi connectivity index (χ3n) is 4.97.